The van der Waals surface area contributed by atoms with Gasteiger partial charge in [0.2, 0.25) is 0 Å². The van der Waals surface area contributed by atoms with Gasteiger partial charge in [-0.15, -0.1) is 6.42 Å². The van der Waals surface area contributed by atoms with Gasteiger partial charge >= 0.3 is 0 Å². The minimum Gasteiger partial charge on any atom is -0.358 e. The molecule has 1 aliphatic heterocycles. The Bertz CT molecular complexity index is 578. The molecule has 5 heteroatoms. The highest BCUT2D eigenvalue weighted by atomic mass is 16.5. The van der Waals surface area contributed by atoms with E-state index < -0.39 is 0 Å². The lowest BCUT2D eigenvalue weighted by Crippen LogP contribution is -2.17. The van der Waals surface area contributed by atoms with Crippen LogP contribution in [-0.4, -0.2) is 26.1 Å². The summed E-state index contributed by atoms with van der Waals surface area (Å²) in [5.41, 5.74) is 1.95. The highest BCUT2D eigenvalue weighted by molar-refractivity contribution is 5.76. The molecule has 5 nitrogen and oxygen atoms in total. The Morgan fingerprint density at radius 1 is 1.35 bits per heavy atom. The SMILES string of the molecule is C#Cc1ncnc2c1ncn2C1CCCCO1. The summed E-state index contributed by atoms with van der Waals surface area (Å²) in [6, 6.07) is 0. The first-order valence-corrected chi connectivity index (χ1v) is 5.66. The summed E-state index contributed by atoms with van der Waals surface area (Å²) < 4.78 is 7.66. The highest BCUT2D eigenvalue weighted by Crippen LogP contribution is 2.25. The molecule has 0 bridgehead atoms. The molecule has 1 atom stereocenters. The minimum absolute atomic E-state index is 0.0225. The molecule has 0 radical (unpaired) electrons. The third-order valence-corrected chi connectivity index (χ3v) is 2.96. The predicted octanol–water partition coefficient (Wildman–Crippen LogP) is 1.51. The van der Waals surface area contributed by atoms with E-state index in [-0.39, 0.29) is 6.23 Å². The zero-order valence-corrected chi connectivity index (χ0v) is 9.33. The summed E-state index contributed by atoms with van der Waals surface area (Å²) in [6.45, 7) is 0.789. The van der Waals surface area contributed by atoms with E-state index in [0.29, 0.717) is 11.2 Å². The third kappa shape index (κ3) is 1.67. The van der Waals surface area contributed by atoms with Gasteiger partial charge in [0, 0.05) is 6.61 Å². The maximum atomic E-state index is 5.71. The average Bonchev–Trinajstić information content (AvgIpc) is 2.83. The van der Waals surface area contributed by atoms with Gasteiger partial charge in [0.15, 0.2) is 5.65 Å². The molecule has 0 amide bonds. The van der Waals surface area contributed by atoms with Crippen molar-refractivity contribution in [1.29, 1.82) is 0 Å². The van der Waals surface area contributed by atoms with Crippen LogP contribution in [0.25, 0.3) is 11.2 Å². The minimum atomic E-state index is 0.0225. The summed E-state index contributed by atoms with van der Waals surface area (Å²) in [5, 5.41) is 0. The van der Waals surface area contributed by atoms with Gasteiger partial charge in [-0.2, -0.15) is 0 Å². The summed E-state index contributed by atoms with van der Waals surface area (Å²) in [6.07, 6.45) is 11.9. The van der Waals surface area contributed by atoms with Crippen LogP contribution in [0.5, 0.6) is 0 Å². The molecule has 3 rings (SSSR count). The topological polar surface area (TPSA) is 52.8 Å². The van der Waals surface area contributed by atoms with E-state index in [4.69, 9.17) is 11.2 Å². The largest absolute Gasteiger partial charge is 0.358 e. The molecule has 0 aromatic carbocycles. The van der Waals surface area contributed by atoms with Crippen LogP contribution in [0.1, 0.15) is 31.2 Å². The van der Waals surface area contributed by atoms with E-state index in [0.717, 1.165) is 31.5 Å². The van der Waals surface area contributed by atoms with E-state index in [1.807, 2.05) is 4.57 Å². The molecule has 2 aromatic rings. The number of rotatable bonds is 1. The Balaban J connectivity index is 2.09. The molecule has 1 aliphatic rings. The van der Waals surface area contributed by atoms with Crippen LogP contribution in [0, 0.1) is 12.3 Å². The highest BCUT2D eigenvalue weighted by Gasteiger charge is 2.19. The molecule has 3 heterocycles. The Morgan fingerprint density at radius 2 is 2.29 bits per heavy atom. The third-order valence-electron chi connectivity index (χ3n) is 2.96. The van der Waals surface area contributed by atoms with Crippen molar-refractivity contribution < 1.29 is 4.74 Å². The van der Waals surface area contributed by atoms with Gasteiger partial charge < -0.3 is 4.74 Å². The lowest BCUT2D eigenvalue weighted by molar-refractivity contribution is -0.0298. The second kappa shape index (κ2) is 4.15. The molecule has 17 heavy (non-hydrogen) atoms. The van der Waals surface area contributed by atoms with E-state index in [1.165, 1.54) is 6.33 Å². The van der Waals surface area contributed by atoms with Gasteiger partial charge in [-0.25, -0.2) is 15.0 Å². The Hall–Kier alpha value is -1.93. The molecule has 1 saturated heterocycles. The van der Waals surface area contributed by atoms with Gasteiger partial charge in [0.25, 0.3) is 0 Å². The Morgan fingerprint density at radius 3 is 3.06 bits per heavy atom. The van der Waals surface area contributed by atoms with Crippen molar-refractivity contribution in [2.75, 3.05) is 6.61 Å². The zero-order valence-electron chi connectivity index (χ0n) is 9.33. The number of ether oxygens (including phenoxy) is 1. The Kier molecular flexibility index (Phi) is 2.50. The van der Waals surface area contributed by atoms with E-state index in [2.05, 4.69) is 20.9 Å². The number of hydrogen-bond acceptors (Lipinski definition) is 4. The maximum absolute atomic E-state index is 5.71. The lowest BCUT2D eigenvalue weighted by Gasteiger charge is -2.23. The lowest BCUT2D eigenvalue weighted by atomic mass is 10.2. The van der Waals surface area contributed by atoms with Crippen molar-refractivity contribution in [2.24, 2.45) is 0 Å². The van der Waals surface area contributed by atoms with Gasteiger partial charge in [-0.3, -0.25) is 4.57 Å². The summed E-state index contributed by atoms with van der Waals surface area (Å²) in [7, 11) is 0. The number of nitrogens with zero attached hydrogens (tertiary/aromatic N) is 4. The molecule has 0 saturated carbocycles. The van der Waals surface area contributed by atoms with Crippen LogP contribution in [0.15, 0.2) is 12.7 Å². The van der Waals surface area contributed by atoms with Crippen molar-refractivity contribution in [1.82, 2.24) is 19.5 Å². The fraction of sp³-hybridized carbons (Fsp3) is 0.417. The molecule has 0 spiro atoms. The summed E-state index contributed by atoms with van der Waals surface area (Å²) >= 11 is 0. The smallest absolute Gasteiger partial charge is 0.166 e. The monoisotopic (exact) mass is 228 g/mol. The van der Waals surface area contributed by atoms with Gasteiger partial charge in [-0.05, 0) is 25.2 Å². The number of aromatic nitrogens is 4. The van der Waals surface area contributed by atoms with Crippen LogP contribution >= 0.6 is 0 Å². The van der Waals surface area contributed by atoms with Crippen LogP contribution in [0.2, 0.25) is 0 Å². The number of fused-ring (bicyclic) bond motifs is 1. The first-order valence-electron chi connectivity index (χ1n) is 5.66. The first-order chi connectivity index (χ1) is 8.40. The normalized spacial score (nSPS) is 20.3. The molecule has 0 aliphatic carbocycles. The van der Waals surface area contributed by atoms with Crippen LogP contribution < -0.4 is 0 Å². The second-order valence-corrected chi connectivity index (χ2v) is 4.01. The first kappa shape index (κ1) is 10.2. The number of terminal acetylenes is 1. The summed E-state index contributed by atoms with van der Waals surface area (Å²) in [4.78, 5) is 12.5. The van der Waals surface area contributed by atoms with Crippen molar-refractivity contribution >= 4 is 11.2 Å². The van der Waals surface area contributed by atoms with Crippen LogP contribution in [-0.2, 0) is 4.74 Å². The van der Waals surface area contributed by atoms with Crippen LogP contribution in [0.3, 0.4) is 0 Å². The van der Waals surface area contributed by atoms with E-state index in [9.17, 15) is 0 Å². The molecule has 1 fully saturated rings. The molecular weight excluding hydrogens is 216 g/mol. The number of hydrogen-bond donors (Lipinski definition) is 0. The molecule has 86 valence electrons. The fourth-order valence-corrected chi connectivity index (χ4v) is 2.11. The predicted molar refractivity (Wildman–Crippen MR) is 62.1 cm³/mol. The molecule has 0 N–H and O–H groups in total. The standard InChI is InChI=1S/C12H12N4O/c1-2-9-11-12(14-7-13-9)16(8-15-11)10-5-3-4-6-17-10/h1,7-8,10H,3-6H2. The molecular formula is C12H12N4O. The van der Waals surface area contributed by atoms with Crippen molar-refractivity contribution in [2.45, 2.75) is 25.5 Å². The van der Waals surface area contributed by atoms with Crippen molar-refractivity contribution in [3.05, 3.63) is 18.3 Å². The zero-order chi connectivity index (χ0) is 11.7. The van der Waals surface area contributed by atoms with Gasteiger partial charge in [0.1, 0.15) is 23.8 Å². The molecule has 2 aromatic heterocycles. The van der Waals surface area contributed by atoms with Gasteiger partial charge in [0.05, 0.1) is 6.33 Å². The van der Waals surface area contributed by atoms with E-state index in [1.54, 1.807) is 6.33 Å². The quantitative estimate of drug-likeness (QED) is 0.694. The summed E-state index contributed by atoms with van der Waals surface area (Å²) in [5.74, 6) is 2.52. The van der Waals surface area contributed by atoms with Crippen LogP contribution in [0.4, 0.5) is 0 Å². The van der Waals surface area contributed by atoms with E-state index >= 15 is 0 Å². The maximum Gasteiger partial charge on any atom is 0.166 e. The fourth-order valence-electron chi connectivity index (χ4n) is 2.11. The van der Waals surface area contributed by atoms with Gasteiger partial charge in [-0.1, -0.05) is 0 Å². The molecule has 1 unspecified atom stereocenters. The second-order valence-electron chi connectivity index (χ2n) is 4.01. The Labute approximate surface area is 98.9 Å². The number of imidazole rings is 1. The van der Waals surface area contributed by atoms with Crippen molar-refractivity contribution in [3.8, 4) is 12.3 Å². The average molecular weight is 228 g/mol. The van der Waals surface area contributed by atoms with Crippen molar-refractivity contribution in [3.63, 3.8) is 0 Å².